The molecule has 1 heterocycles. The first kappa shape index (κ1) is 16.5. The van der Waals surface area contributed by atoms with Gasteiger partial charge in [0.15, 0.2) is 0 Å². The molecule has 118 valence electrons. The first-order chi connectivity index (χ1) is 11.0. The maximum absolute atomic E-state index is 6.23. The average molecular weight is 385 g/mol. The van der Waals surface area contributed by atoms with E-state index in [0.717, 1.165) is 15.0 Å². The number of aryl methyl sites for hydroxylation is 1. The Labute approximate surface area is 152 Å². The molecule has 0 saturated heterocycles. The summed E-state index contributed by atoms with van der Waals surface area (Å²) < 4.78 is 3.17. The van der Waals surface area contributed by atoms with Crippen LogP contribution in [0.15, 0.2) is 46.6 Å². The molecule has 0 aliphatic rings. The van der Waals surface area contributed by atoms with Gasteiger partial charge in [-0.1, -0.05) is 64.3 Å². The van der Waals surface area contributed by atoms with E-state index >= 15 is 0 Å². The maximum Gasteiger partial charge on any atom is 0.211 e. The molecule has 2 aromatic carbocycles. The van der Waals surface area contributed by atoms with Gasteiger partial charge in [0, 0.05) is 12.6 Å². The predicted molar refractivity (Wildman–Crippen MR) is 100 cm³/mol. The Balaban J connectivity index is 2.07. The molecular formula is C16H12Cl3N3S. The van der Waals surface area contributed by atoms with Gasteiger partial charge >= 0.3 is 0 Å². The summed E-state index contributed by atoms with van der Waals surface area (Å²) in [5.74, 6) is 0. The third-order valence-electron chi connectivity index (χ3n) is 3.43. The van der Waals surface area contributed by atoms with E-state index in [0.29, 0.717) is 26.3 Å². The highest BCUT2D eigenvalue weighted by molar-refractivity contribution is 7.16. The minimum Gasteiger partial charge on any atom is -0.318 e. The fourth-order valence-corrected chi connectivity index (χ4v) is 3.80. The highest BCUT2D eigenvalue weighted by Gasteiger charge is 2.11. The lowest BCUT2D eigenvalue weighted by Gasteiger charge is -2.05. The summed E-state index contributed by atoms with van der Waals surface area (Å²) in [6, 6.07) is 11.6. The number of nitrogens with zero attached hydrogens (tertiary/aromatic N) is 3. The first-order valence-electron chi connectivity index (χ1n) is 6.75. The van der Waals surface area contributed by atoms with Crippen LogP contribution in [0.25, 0.3) is 10.2 Å². The maximum atomic E-state index is 6.23. The topological polar surface area (TPSA) is 29.6 Å². The van der Waals surface area contributed by atoms with Crippen molar-refractivity contribution in [2.75, 3.05) is 0 Å². The van der Waals surface area contributed by atoms with Crippen molar-refractivity contribution in [2.45, 2.75) is 6.92 Å². The number of rotatable bonds is 2. The van der Waals surface area contributed by atoms with Crippen molar-refractivity contribution in [3.8, 4) is 0 Å². The quantitative estimate of drug-likeness (QED) is 0.316. The van der Waals surface area contributed by atoms with Gasteiger partial charge in [-0.3, -0.25) is 0 Å². The van der Waals surface area contributed by atoms with Gasteiger partial charge in [0.05, 0.1) is 31.0 Å². The molecule has 7 heteroatoms. The van der Waals surface area contributed by atoms with E-state index in [-0.39, 0.29) is 0 Å². The molecule has 23 heavy (non-hydrogen) atoms. The number of fused-ring (bicyclic) bond motifs is 1. The Morgan fingerprint density at radius 1 is 1.04 bits per heavy atom. The van der Waals surface area contributed by atoms with Crippen molar-refractivity contribution in [1.82, 2.24) is 4.57 Å². The molecule has 0 N–H and O–H groups in total. The number of hydrogen-bond donors (Lipinski definition) is 0. The van der Waals surface area contributed by atoms with Crippen LogP contribution < -0.4 is 4.80 Å². The van der Waals surface area contributed by atoms with E-state index in [1.807, 2.05) is 30.7 Å². The number of halogens is 3. The summed E-state index contributed by atoms with van der Waals surface area (Å²) in [6.45, 7) is 1.84. The van der Waals surface area contributed by atoms with Crippen molar-refractivity contribution in [3.63, 3.8) is 0 Å². The van der Waals surface area contributed by atoms with Crippen LogP contribution >= 0.6 is 46.1 Å². The largest absolute Gasteiger partial charge is 0.318 e. The first-order valence-corrected chi connectivity index (χ1v) is 8.71. The second-order valence-electron chi connectivity index (χ2n) is 4.92. The van der Waals surface area contributed by atoms with Crippen molar-refractivity contribution in [2.24, 2.45) is 17.3 Å². The molecule has 3 aromatic rings. The van der Waals surface area contributed by atoms with Crippen LogP contribution in [0.3, 0.4) is 0 Å². The molecule has 0 amide bonds. The third kappa shape index (κ3) is 3.17. The Kier molecular flexibility index (Phi) is 4.78. The lowest BCUT2D eigenvalue weighted by atomic mass is 10.1. The SMILES string of the molecule is C/C(=N\N=c1\sc2ccccc2n1C)c1ccc(Cl)c(Cl)c1Cl. The fraction of sp³-hybridized carbons (Fsp3) is 0.125. The molecule has 3 nitrogen and oxygen atoms in total. The summed E-state index contributed by atoms with van der Waals surface area (Å²) in [4.78, 5) is 0.807. The Morgan fingerprint density at radius 2 is 1.78 bits per heavy atom. The predicted octanol–water partition coefficient (Wildman–Crippen LogP) is 5.52. The van der Waals surface area contributed by atoms with Crippen LogP contribution in [-0.4, -0.2) is 10.3 Å². The second-order valence-corrected chi connectivity index (χ2v) is 7.09. The van der Waals surface area contributed by atoms with Crippen LogP contribution in [0, 0.1) is 0 Å². The van der Waals surface area contributed by atoms with Gasteiger partial charge in [0.1, 0.15) is 0 Å². The Morgan fingerprint density at radius 3 is 2.52 bits per heavy atom. The molecule has 0 aliphatic heterocycles. The number of aromatic nitrogens is 1. The van der Waals surface area contributed by atoms with Gasteiger partial charge in [-0.25, -0.2) is 0 Å². The number of thiazole rings is 1. The summed E-state index contributed by atoms with van der Waals surface area (Å²) in [6.07, 6.45) is 0. The van der Waals surface area contributed by atoms with Gasteiger partial charge in [-0.2, -0.15) is 5.10 Å². The normalized spacial score (nSPS) is 13.1. The minimum absolute atomic E-state index is 0.327. The van der Waals surface area contributed by atoms with E-state index in [2.05, 4.69) is 22.3 Å². The Hall–Kier alpha value is -1.33. The van der Waals surface area contributed by atoms with E-state index in [9.17, 15) is 0 Å². The highest BCUT2D eigenvalue weighted by atomic mass is 35.5. The van der Waals surface area contributed by atoms with Crippen molar-refractivity contribution < 1.29 is 0 Å². The zero-order valence-electron chi connectivity index (χ0n) is 12.3. The molecule has 0 atom stereocenters. The molecule has 0 spiro atoms. The molecule has 1 aromatic heterocycles. The van der Waals surface area contributed by atoms with Crippen molar-refractivity contribution >= 4 is 62.1 Å². The fourth-order valence-electron chi connectivity index (χ4n) is 2.15. The van der Waals surface area contributed by atoms with E-state index in [1.165, 1.54) is 0 Å². The lowest BCUT2D eigenvalue weighted by Crippen LogP contribution is -2.09. The zero-order chi connectivity index (χ0) is 16.6. The molecule has 3 rings (SSSR count). The second kappa shape index (κ2) is 6.65. The molecule has 0 fully saturated rings. The van der Waals surface area contributed by atoms with Gasteiger partial charge < -0.3 is 4.57 Å². The van der Waals surface area contributed by atoms with Crippen molar-refractivity contribution in [3.05, 3.63) is 61.8 Å². The lowest BCUT2D eigenvalue weighted by molar-refractivity contribution is 0.888. The van der Waals surface area contributed by atoms with Gasteiger partial charge in [0.25, 0.3) is 0 Å². The summed E-state index contributed by atoms with van der Waals surface area (Å²) in [7, 11) is 1.97. The zero-order valence-corrected chi connectivity index (χ0v) is 15.4. The molecular weight excluding hydrogens is 373 g/mol. The van der Waals surface area contributed by atoms with Gasteiger partial charge in [-0.05, 0) is 25.1 Å². The standard InChI is InChI=1S/C16H12Cl3N3S/c1-9(10-7-8-11(17)15(19)14(10)18)20-21-16-22(2)12-5-3-4-6-13(12)23-16/h3-8H,1-2H3/b20-9+,21-16+. The smallest absolute Gasteiger partial charge is 0.211 e. The molecule has 0 bridgehead atoms. The van der Waals surface area contributed by atoms with Gasteiger partial charge in [0.2, 0.25) is 4.80 Å². The Bertz CT molecular complexity index is 986. The highest BCUT2D eigenvalue weighted by Crippen LogP contribution is 2.32. The van der Waals surface area contributed by atoms with Crippen LogP contribution in [0.2, 0.25) is 15.1 Å². The average Bonchev–Trinajstić information content (AvgIpc) is 2.87. The third-order valence-corrected chi connectivity index (χ3v) is 5.82. The van der Waals surface area contributed by atoms with Crippen LogP contribution in [0.5, 0.6) is 0 Å². The van der Waals surface area contributed by atoms with Crippen LogP contribution in [0.4, 0.5) is 0 Å². The monoisotopic (exact) mass is 383 g/mol. The minimum atomic E-state index is 0.327. The van der Waals surface area contributed by atoms with E-state index in [4.69, 9.17) is 34.8 Å². The molecule has 0 unspecified atom stereocenters. The van der Waals surface area contributed by atoms with Gasteiger partial charge in [-0.15, -0.1) is 5.10 Å². The number of para-hydroxylation sites is 1. The van der Waals surface area contributed by atoms with E-state index < -0.39 is 0 Å². The van der Waals surface area contributed by atoms with Crippen LogP contribution in [0.1, 0.15) is 12.5 Å². The summed E-state index contributed by atoms with van der Waals surface area (Å²) in [5.41, 5.74) is 2.51. The molecule has 0 saturated carbocycles. The number of hydrogen-bond acceptors (Lipinski definition) is 3. The molecule has 0 radical (unpaired) electrons. The van der Waals surface area contributed by atoms with Crippen molar-refractivity contribution in [1.29, 1.82) is 0 Å². The van der Waals surface area contributed by atoms with E-state index in [1.54, 1.807) is 23.5 Å². The summed E-state index contributed by atoms with van der Waals surface area (Å²) >= 11 is 19.8. The summed E-state index contributed by atoms with van der Waals surface area (Å²) in [5, 5.41) is 9.77. The number of benzene rings is 2. The molecule has 0 aliphatic carbocycles. The van der Waals surface area contributed by atoms with Crippen LogP contribution in [-0.2, 0) is 7.05 Å².